The van der Waals surface area contributed by atoms with E-state index in [-0.39, 0.29) is 6.04 Å². The Morgan fingerprint density at radius 3 is 2.84 bits per heavy atom. The first kappa shape index (κ1) is 19.4. The van der Waals surface area contributed by atoms with E-state index >= 15 is 0 Å². The van der Waals surface area contributed by atoms with E-state index in [2.05, 4.69) is 79.8 Å². The molecular formula is C21H29N3S. The van der Waals surface area contributed by atoms with E-state index < -0.39 is 0 Å². The molecule has 0 spiro atoms. The summed E-state index contributed by atoms with van der Waals surface area (Å²) < 4.78 is 3.33. The molecule has 134 valence electrons. The molecule has 1 atom stereocenters. The summed E-state index contributed by atoms with van der Waals surface area (Å²) in [5.41, 5.74) is 6.32. The zero-order valence-corrected chi connectivity index (χ0v) is 16.6. The van der Waals surface area contributed by atoms with Crippen LogP contribution in [0, 0.1) is 0 Å². The Balaban J connectivity index is 2.38. The Morgan fingerprint density at radius 2 is 2.16 bits per heavy atom. The van der Waals surface area contributed by atoms with Gasteiger partial charge in [0.2, 0.25) is 0 Å². The Labute approximate surface area is 156 Å². The monoisotopic (exact) mass is 355 g/mol. The van der Waals surface area contributed by atoms with Crippen molar-refractivity contribution in [3.63, 3.8) is 0 Å². The van der Waals surface area contributed by atoms with E-state index in [1.807, 2.05) is 11.3 Å². The van der Waals surface area contributed by atoms with Crippen LogP contribution in [-0.4, -0.2) is 24.0 Å². The topological polar surface area (TPSA) is 27.6 Å². The first-order valence-corrected chi connectivity index (χ1v) is 10.1. The minimum atomic E-state index is 0.145. The fraction of sp³-hybridized carbons (Fsp3) is 0.381. The molecule has 0 heterocycles. The van der Waals surface area contributed by atoms with Crippen molar-refractivity contribution in [2.24, 2.45) is 5.10 Å². The molecule has 1 aromatic carbocycles. The van der Waals surface area contributed by atoms with Crippen LogP contribution in [0.2, 0.25) is 0 Å². The van der Waals surface area contributed by atoms with Gasteiger partial charge >= 0.3 is 0 Å². The summed E-state index contributed by atoms with van der Waals surface area (Å²) in [7, 11) is 0. The molecule has 3 nitrogen and oxygen atoms in total. The number of hydrogen-bond acceptors (Lipinski definition) is 4. The molecule has 0 fully saturated rings. The molecule has 0 saturated heterocycles. The number of benzene rings is 1. The molecule has 1 aliphatic carbocycles. The molecule has 1 aliphatic rings. The quantitative estimate of drug-likeness (QED) is 0.273. The largest absolute Gasteiger partial charge is 0.330 e. The molecule has 0 aromatic heterocycles. The second-order valence-electron chi connectivity index (χ2n) is 6.25. The van der Waals surface area contributed by atoms with Crippen molar-refractivity contribution >= 4 is 30.0 Å². The van der Waals surface area contributed by atoms with Gasteiger partial charge in [-0.05, 0) is 56.4 Å². The van der Waals surface area contributed by atoms with Gasteiger partial charge in [0.1, 0.15) is 0 Å². The van der Waals surface area contributed by atoms with Crippen LogP contribution < -0.4 is 4.72 Å². The summed E-state index contributed by atoms with van der Waals surface area (Å²) in [6, 6.07) is 6.76. The summed E-state index contributed by atoms with van der Waals surface area (Å²) in [6.07, 6.45) is 13.7. The number of nitrogens with zero attached hydrogens (tertiary/aromatic N) is 2. The van der Waals surface area contributed by atoms with Gasteiger partial charge in [-0.25, -0.2) is 0 Å². The van der Waals surface area contributed by atoms with Crippen LogP contribution in [0.25, 0.3) is 5.70 Å². The van der Waals surface area contributed by atoms with Crippen molar-refractivity contribution in [1.29, 1.82) is 0 Å². The van der Waals surface area contributed by atoms with E-state index in [1.165, 1.54) is 22.4 Å². The zero-order valence-electron chi connectivity index (χ0n) is 15.7. The van der Waals surface area contributed by atoms with Crippen molar-refractivity contribution in [1.82, 2.24) is 5.01 Å². The Hall–Kier alpha value is -1.94. The van der Waals surface area contributed by atoms with E-state index in [0.717, 1.165) is 24.9 Å². The van der Waals surface area contributed by atoms with Gasteiger partial charge in [0, 0.05) is 24.2 Å². The van der Waals surface area contributed by atoms with Gasteiger partial charge in [-0.3, -0.25) is 5.01 Å². The lowest BCUT2D eigenvalue weighted by atomic mass is 9.89. The van der Waals surface area contributed by atoms with Gasteiger partial charge in [-0.1, -0.05) is 49.2 Å². The molecule has 1 unspecified atom stereocenters. The van der Waals surface area contributed by atoms with E-state index in [1.54, 1.807) is 11.9 Å². The summed E-state index contributed by atoms with van der Waals surface area (Å²) in [5.74, 6) is 0. The van der Waals surface area contributed by atoms with Gasteiger partial charge in [-0.15, -0.1) is 0 Å². The number of hydrogen-bond donors (Lipinski definition) is 1. The normalized spacial score (nSPS) is 15.5. The molecule has 0 saturated carbocycles. The molecule has 0 radical (unpaired) electrons. The average molecular weight is 356 g/mol. The lowest BCUT2D eigenvalue weighted by molar-refractivity contribution is 0.375. The second kappa shape index (κ2) is 9.52. The predicted octanol–water partition coefficient (Wildman–Crippen LogP) is 5.88. The smallest absolute Gasteiger partial charge is 0.0681 e. The zero-order chi connectivity index (χ0) is 18.2. The van der Waals surface area contributed by atoms with Gasteiger partial charge in [0.25, 0.3) is 0 Å². The van der Waals surface area contributed by atoms with Gasteiger partial charge in [0.15, 0.2) is 0 Å². The standard InChI is InChI=1S/C21H29N3S/c1-6-7-8-9-10-17(3)24(22-4)21-16(2)11-12-18-13-14-19(23-25-5)15-20(18)21/h7-10,13-15,17,23H,4,6,11-12H2,1-3,5H3/b8-7-,10-9-. The molecule has 0 aliphatic heterocycles. The van der Waals surface area contributed by atoms with Crippen LogP contribution in [0.5, 0.6) is 0 Å². The SMILES string of the molecule is C=NN(C1=C(C)CCc2ccc(NSC)cc21)C(C)/C=C\C=C/CC. The molecule has 25 heavy (non-hydrogen) atoms. The summed E-state index contributed by atoms with van der Waals surface area (Å²) in [5, 5.41) is 6.41. The van der Waals surface area contributed by atoms with Crippen LogP contribution >= 0.6 is 11.9 Å². The third kappa shape index (κ3) is 4.79. The number of nitrogens with one attached hydrogen (secondary N) is 1. The molecule has 1 aromatic rings. The summed E-state index contributed by atoms with van der Waals surface area (Å²) in [6.45, 7) is 10.3. The van der Waals surface area contributed by atoms with E-state index in [4.69, 9.17) is 0 Å². The molecule has 4 heteroatoms. The first-order chi connectivity index (χ1) is 12.1. The minimum Gasteiger partial charge on any atom is -0.330 e. The highest BCUT2D eigenvalue weighted by Crippen LogP contribution is 2.36. The Morgan fingerprint density at radius 1 is 1.36 bits per heavy atom. The molecule has 0 amide bonds. The average Bonchev–Trinajstić information content (AvgIpc) is 2.61. The van der Waals surface area contributed by atoms with Crippen LogP contribution in [0.3, 0.4) is 0 Å². The van der Waals surface area contributed by atoms with E-state index in [0.29, 0.717) is 0 Å². The number of aryl methyl sites for hydroxylation is 1. The van der Waals surface area contributed by atoms with Crippen molar-refractivity contribution in [2.75, 3.05) is 11.0 Å². The Kier molecular flexibility index (Phi) is 7.38. The highest BCUT2D eigenvalue weighted by molar-refractivity contribution is 7.99. The van der Waals surface area contributed by atoms with Crippen molar-refractivity contribution < 1.29 is 0 Å². The first-order valence-electron chi connectivity index (χ1n) is 8.83. The van der Waals surface area contributed by atoms with Crippen LogP contribution in [0.1, 0.15) is 44.7 Å². The van der Waals surface area contributed by atoms with Crippen LogP contribution in [0.4, 0.5) is 5.69 Å². The van der Waals surface area contributed by atoms with Gasteiger partial charge < -0.3 is 4.72 Å². The van der Waals surface area contributed by atoms with Crippen molar-refractivity contribution in [3.05, 3.63) is 59.2 Å². The molecule has 1 N–H and O–H groups in total. The summed E-state index contributed by atoms with van der Waals surface area (Å²) in [4.78, 5) is 0. The Bertz CT molecular complexity index is 688. The lowest BCUT2D eigenvalue weighted by Crippen LogP contribution is -2.27. The fourth-order valence-electron chi connectivity index (χ4n) is 3.11. The lowest BCUT2D eigenvalue weighted by Gasteiger charge is -2.32. The maximum Gasteiger partial charge on any atom is 0.0681 e. The molecular weight excluding hydrogens is 326 g/mol. The summed E-state index contributed by atoms with van der Waals surface area (Å²) >= 11 is 1.61. The van der Waals surface area contributed by atoms with Gasteiger partial charge in [0.05, 0.1) is 11.7 Å². The number of fused-ring (bicyclic) bond motifs is 1. The highest BCUT2D eigenvalue weighted by atomic mass is 32.2. The molecule has 0 bridgehead atoms. The number of rotatable bonds is 8. The second-order valence-corrected chi connectivity index (χ2v) is 6.87. The van der Waals surface area contributed by atoms with Gasteiger partial charge in [-0.2, -0.15) is 5.10 Å². The predicted molar refractivity (Wildman–Crippen MR) is 114 cm³/mol. The van der Waals surface area contributed by atoms with Crippen molar-refractivity contribution in [2.45, 2.75) is 46.1 Å². The third-order valence-electron chi connectivity index (χ3n) is 4.40. The van der Waals surface area contributed by atoms with E-state index in [9.17, 15) is 0 Å². The fourth-order valence-corrected chi connectivity index (χ4v) is 3.47. The maximum absolute atomic E-state index is 4.36. The van der Waals surface area contributed by atoms with Crippen LogP contribution in [0.15, 0.2) is 53.2 Å². The van der Waals surface area contributed by atoms with Crippen molar-refractivity contribution in [3.8, 4) is 0 Å². The number of allylic oxidation sites excluding steroid dienone is 4. The third-order valence-corrected chi connectivity index (χ3v) is 4.84. The highest BCUT2D eigenvalue weighted by Gasteiger charge is 2.24. The molecule has 2 rings (SSSR count). The van der Waals surface area contributed by atoms with Crippen LogP contribution in [-0.2, 0) is 6.42 Å². The number of anilines is 1. The minimum absolute atomic E-state index is 0.145. The number of hydrazone groups is 1. The maximum atomic E-state index is 4.36.